The highest BCUT2D eigenvalue weighted by molar-refractivity contribution is 7.12. The van der Waals surface area contributed by atoms with Crippen molar-refractivity contribution in [2.45, 2.75) is 6.04 Å². The van der Waals surface area contributed by atoms with E-state index in [4.69, 9.17) is 5.73 Å². The summed E-state index contributed by atoms with van der Waals surface area (Å²) in [5.74, 6) is 0.573. The Labute approximate surface area is 108 Å². The van der Waals surface area contributed by atoms with Crippen LogP contribution in [0.4, 0.5) is 11.5 Å². The highest BCUT2D eigenvalue weighted by Gasteiger charge is 2.22. The first-order valence-electron chi connectivity index (χ1n) is 5.63. The van der Waals surface area contributed by atoms with Gasteiger partial charge in [-0.1, -0.05) is 0 Å². The van der Waals surface area contributed by atoms with Crippen molar-refractivity contribution in [2.24, 2.45) is 0 Å². The van der Waals surface area contributed by atoms with Gasteiger partial charge >= 0.3 is 0 Å². The van der Waals surface area contributed by atoms with E-state index in [0.29, 0.717) is 16.6 Å². The second-order valence-electron chi connectivity index (χ2n) is 4.17. The average molecular weight is 263 g/mol. The van der Waals surface area contributed by atoms with Crippen molar-refractivity contribution in [2.75, 3.05) is 24.1 Å². The number of carbonyl (C=O) groups is 1. The first-order valence-corrected chi connectivity index (χ1v) is 6.51. The molecule has 94 valence electrons. The summed E-state index contributed by atoms with van der Waals surface area (Å²) in [7, 11) is 0. The van der Waals surface area contributed by atoms with Gasteiger partial charge in [0.2, 0.25) is 0 Å². The van der Waals surface area contributed by atoms with Crippen LogP contribution in [0, 0.1) is 0 Å². The lowest BCUT2D eigenvalue weighted by atomic mass is 10.2. The Hall–Kier alpha value is -1.86. The molecule has 0 unspecified atom stereocenters. The molecule has 3 heterocycles. The summed E-state index contributed by atoms with van der Waals surface area (Å²) in [6.45, 7) is 1.77. The van der Waals surface area contributed by atoms with Gasteiger partial charge in [-0.3, -0.25) is 4.79 Å². The monoisotopic (exact) mass is 263 g/mol. The second-order valence-corrected chi connectivity index (χ2v) is 5.08. The van der Waals surface area contributed by atoms with Crippen LogP contribution >= 0.6 is 11.3 Å². The van der Waals surface area contributed by atoms with Gasteiger partial charge < -0.3 is 16.4 Å². The van der Waals surface area contributed by atoms with Gasteiger partial charge in [0.25, 0.3) is 5.91 Å². The van der Waals surface area contributed by atoms with E-state index in [9.17, 15) is 4.79 Å². The molecule has 1 aliphatic rings. The molecule has 1 saturated heterocycles. The molecule has 4 N–H and O–H groups in total. The Morgan fingerprint density at radius 1 is 1.61 bits per heavy atom. The Balaban J connectivity index is 1.76. The van der Waals surface area contributed by atoms with Crippen molar-refractivity contribution in [3.05, 3.63) is 28.6 Å². The maximum Gasteiger partial charge on any atom is 0.266 e. The Kier molecular flexibility index (Phi) is 2.77. The number of amides is 1. The quantitative estimate of drug-likeness (QED) is 0.769. The molecule has 18 heavy (non-hydrogen) atoms. The van der Waals surface area contributed by atoms with E-state index >= 15 is 0 Å². The van der Waals surface area contributed by atoms with Gasteiger partial charge in [0.15, 0.2) is 0 Å². The fourth-order valence-electron chi connectivity index (χ4n) is 1.80. The molecule has 2 aromatic rings. The van der Waals surface area contributed by atoms with E-state index in [1.54, 1.807) is 23.7 Å². The van der Waals surface area contributed by atoms with Gasteiger partial charge in [-0.15, -0.1) is 11.3 Å². The predicted octanol–water partition coefficient (Wildman–Crippen LogP) is 0.923. The number of hydrogen-bond donors (Lipinski definition) is 3. The first-order chi connectivity index (χ1) is 8.74. The number of nitrogens with one attached hydrogen (secondary N) is 2. The molecule has 0 aromatic carbocycles. The maximum atomic E-state index is 12.0. The molecule has 0 atom stereocenters. The highest BCUT2D eigenvalue weighted by atomic mass is 32.1. The molecule has 6 nitrogen and oxygen atoms in total. The van der Waals surface area contributed by atoms with Crippen LogP contribution in [0.5, 0.6) is 0 Å². The summed E-state index contributed by atoms with van der Waals surface area (Å²) in [4.78, 5) is 12.6. The van der Waals surface area contributed by atoms with Crippen LogP contribution in [0.2, 0.25) is 0 Å². The normalized spacial score (nSPS) is 15.3. The summed E-state index contributed by atoms with van der Waals surface area (Å²) >= 11 is 1.33. The third-order valence-electron chi connectivity index (χ3n) is 2.86. The zero-order valence-corrected chi connectivity index (χ0v) is 10.4. The van der Waals surface area contributed by atoms with Crippen molar-refractivity contribution >= 4 is 28.7 Å². The van der Waals surface area contributed by atoms with Gasteiger partial charge in [0.05, 0.1) is 17.1 Å². The number of rotatable bonds is 3. The third kappa shape index (κ3) is 1.98. The molecule has 0 radical (unpaired) electrons. The minimum Gasteiger partial charge on any atom is -0.398 e. The molecule has 2 aromatic heterocycles. The first kappa shape index (κ1) is 11.2. The number of nitrogens with two attached hydrogens (primary N) is 1. The number of aromatic nitrogens is 2. The van der Waals surface area contributed by atoms with Gasteiger partial charge in [0.1, 0.15) is 5.82 Å². The number of anilines is 2. The Morgan fingerprint density at radius 2 is 2.44 bits per heavy atom. The fraction of sp³-hybridized carbons (Fsp3) is 0.273. The van der Waals surface area contributed by atoms with Crippen LogP contribution in [0.1, 0.15) is 15.7 Å². The van der Waals surface area contributed by atoms with E-state index in [0.717, 1.165) is 18.9 Å². The van der Waals surface area contributed by atoms with Gasteiger partial charge in [-0.2, -0.15) is 5.10 Å². The SMILES string of the molecule is Nc1csc(C(=O)Nc2ccnn2C2CNC2)c1. The molecule has 1 fully saturated rings. The van der Waals surface area contributed by atoms with Gasteiger partial charge in [-0.05, 0) is 6.07 Å². The van der Waals surface area contributed by atoms with E-state index in [1.807, 2.05) is 4.68 Å². The topological polar surface area (TPSA) is 85.0 Å². The maximum absolute atomic E-state index is 12.0. The minimum absolute atomic E-state index is 0.147. The lowest BCUT2D eigenvalue weighted by molar-refractivity contribution is 0.102. The highest BCUT2D eigenvalue weighted by Crippen LogP contribution is 2.20. The minimum atomic E-state index is -0.147. The molecule has 0 bridgehead atoms. The van der Waals surface area contributed by atoms with Crippen LogP contribution in [0.15, 0.2) is 23.7 Å². The van der Waals surface area contributed by atoms with Crippen LogP contribution in [0.25, 0.3) is 0 Å². The molecule has 3 rings (SSSR count). The fourth-order valence-corrected chi connectivity index (χ4v) is 2.49. The van der Waals surface area contributed by atoms with Gasteiger partial charge in [0, 0.05) is 30.2 Å². The molecular weight excluding hydrogens is 250 g/mol. The number of thiophene rings is 1. The number of carbonyl (C=O) groups excluding carboxylic acids is 1. The summed E-state index contributed by atoms with van der Waals surface area (Å²) in [6, 6.07) is 3.79. The molecular formula is C11H13N5OS. The van der Waals surface area contributed by atoms with Crippen LogP contribution in [-0.2, 0) is 0 Å². The van der Waals surface area contributed by atoms with E-state index in [-0.39, 0.29) is 5.91 Å². The largest absolute Gasteiger partial charge is 0.398 e. The summed E-state index contributed by atoms with van der Waals surface area (Å²) < 4.78 is 1.84. The molecule has 1 amide bonds. The van der Waals surface area contributed by atoms with Crippen LogP contribution < -0.4 is 16.4 Å². The second kappa shape index (κ2) is 4.43. The van der Waals surface area contributed by atoms with Crippen LogP contribution in [0.3, 0.4) is 0 Å². The zero-order valence-electron chi connectivity index (χ0n) is 9.59. The van der Waals surface area contributed by atoms with Gasteiger partial charge in [-0.25, -0.2) is 4.68 Å². The summed E-state index contributed by atoms with van der Waals surface area (Å²) in [6.07, 6.45) is 1.69. The van der Waals surface area contributed by atoms with Crippen LogP contribution in [-0.4, -0.2) is 28.8 Å². The molecule has 0 saturated carbocycles. The molecule has 0 aliphatic carbocycles. The standard InChI is InChI=1S/C11H13N5OS/c12-7-3-9(18-6-7)11(17)15-10-1-2-14-16(10)8-4-13-5-8/h1-3,6,8,13H,4-5,12H2,(H,15,17). The Morgan fingerprint density at radius 3 is 3.06 bits per heavy atom. The van der Waals surface area contributed by atoms with Crippen molar-refractivity contribution in [1.29, 1.82) is 0 Å². The van der Waals surface area contributed by atoms with Crippen molar-refractivity contribution in [3.8, 4) is 0 Å². The smallest absolute Gasteiger partial charge is 0.266 e. The van der Waals surface area contributed by atoms with E-state index in [2.05, 4.69) is 15.7 Å². The third-order valence-corrected chi connectivity index (χ3v) is 3.81. The Bertz CT molecular complexity index is 572. The lowest BCUT2D eigenvalue weighted by Crippen LogP contribution is -2.44. The summed E-state index contributed by atoms with van der Waals surface area (Å²) in [5.41, 5.74) is 6.22. The number of hydrogen-bond acceptors (Lipinski definition) is 5. The zero-order chi connectivity index (χ0) is 12.5. The van der Waals surface area contributed by atoms with Crippen molar-refractivity contribution < 1.29 is 4.79 Å². The summed E-state index contributed by atoms with van der Waals surface area (Å²) in [5, 5.41) is 12.0. The molecule has 0 spiro atoms. The van der Waals surface area contributed by atoms with Crippen molar-refractivity contribution in [3.63, 3.8) is 0 Å². The van der Waals surface area contributed by atoms with E-state index < -0.39 is 0 Å². The average Bonchev–Trinajstić information content (AvgIpc) is 2.86. The number of nitrogen functional groups attached to an aromatic ring is 1. The molecule has 1 aliphatic heterocycles. The van der Waals surface area contributed by atoms with Crippen molar-refractivity contribution in [1.82, 2.24) is 15.1 Å². The lowest BCUT2D eigenvalue weighted by Gasteiger charge is -2.28. The predicted molar refractivity (Wildman–Crippen MR) is 70.8 cm³/mol. The molecule has 7 heteroatoms. The number of nitrogens with zero attached hydrogens (tertiary/aromatic N) is 2. The van der Waals surface area contributed by atoms with E-state index in [1.165, 1.54) is 11.3 Å².